The van der Waals surface area contributed by atoms with Crippen molar-refractivity contribution in [2.45, 2.75) is 52.5 Å². The molecule has 7 nitrogen and oxygen atoms in total. The number of likely N-dealkylation sites (tertiary alicyclic amines) is 1. The topological polar surface area (TPSA) is 85.8 Å². The summed E-state index contributed by atoms with van der Waals surface area (Å²) < 4.78 is 0. The maximum atomic E-state index is 12.0. The summed E-state index contributed by atoms with van der Waals surface area (Å²) in [7, 11) is 0. The summed E-state index contributed by atoms with van der Waals surface area (Å²) in [4.78, 5) is 29.9. The number of halogens is 1. The molecule has 1 rings (SSSR count). The van der Waals surface area contributed by atoms with E-state index in [0.717, 1.165) is 25.9 Å². The first-order valence-corrected chi connectivity index (χ1v) is 8.43. The van der Waals surface area contributed by atoms with Crippen LogP contribution in [0.3, 0.4) is 0 Å². The normalized spacial score (nSPS) is 14.8. The van der Waals surface area contributed by atoms with E-state index in [0.29, 0.717) is 25.5 Å². The molecule has 0 radical (unpaired) electrons. The maximum absolute atomic E-state index is 12.0. The highest BCUT2D eigenvalue weighted by Gasteiger charge is 2.17. The van der Waals surface area contributed by atoms with Crippen LogP contribution in [0.5, 0.6) is 0 Å². The highest BCUT2D eigenvalue weighted by Crippen LogP contribution is 2.08. The lowest BCUT2D eigenvalue weighted by atomic mass is 10.1. The number of carbonyl (C=O) groups is 2. The summed E-state index contributed by atoms with van der Waals surface area (Å²) in [6, 6.07) is 0. The smallest absolute Gasteiger partial charge is 0.242 e. The molecule has 0 atom stereocenters. The number of hydrogen-bond donors (Lipinski definition) is 3. The third kappa shape index (κ3) is 9.94. The van der Waals surface area contributed by atoms with Crippen molar-refractivity contribution in [3.05, 3.63) is 0 Å². The number of hydrogen-bond acceptors (Lipinski definition) is 3. The zero-order valence-corrected chi connectivity index (χ0v) is 17.6. The Morgan fingerprint density at radius 2 is 1.75 bits per heavy atom. The van der Waals surface area contributed by atoms with Gasteiger partial charge in [-0.05, 0) is 40.5 Å². The second-order valence-electron chi connectivity index (χ2n) is 6.76. The van der Waals surface area contributed by atoms with Gasteiger partial charge >= 0.3 is 0 Å². The monoisotopic (exact) mass is 453 g/mol. The molecule has 0 aromatic heterocycles. The van der Waals surface area contributed by atoms with Gasteiger partial charge in [0, 0.05) is 38.1 Å². The predicted molar refractivity (Wildman–Crippen MR) is 108 cm³/mol. The number of aliphatic imine (C=N–C) groups is 1. The van der Waals surface area contributed by atoms with Gasteiger partial charge in [-0.1, -0.05) is 0 Å². The summed E-state index contributed by atoms with van der Waals surface area (Å²) in [5.74, 6) is 0.616. The van der Waals surface area contributed by atoms with Crippen LogP contribution >= 0.6 is 24.0 Å². The molecule has 0 unspecified atom stereocenters. The molecule has 24 heavy (non-hydrogen) atoms. The molecule has 1 aliphatic heterocycles. The standard InChI is InChI=1S/C16H31N5O2.HI/c1-5-17-15(19-12-13(22)20-16(2,3)4)18-9-8-14(23)21-10-6-7-11-21;/h5-12H2,1-4H3,(H,20,22)(H2,17,18,19);1H. The first kappa shape index (κ1) is 22.9. The zero-order chi connectivity index (χ0) is 17.3. The average molecular weight is 453 g/mol. The van der Waals surface area contributed by atoms with Crippen molar-refractivity contribution in [1.82, 2.24) is 20.9 Å². The van der Waals surface area contributed by atoms with Crippen LogP contribution in [0.1, 0.15) is 47.0 Å². The van der Waals surface area contributed by atoms with E-state index in [1.165, 1.54) is 0 Å². The van der Waals surface area contributed by atoms with Gasteiger partial charge in [0.2, 0.25) is 11.8 Å². The van der Waals surface area contributed by atoms with E-state index in [4.69, 9.17) is 0 Å². The Hall–Kier alpha value is -1.06. The Bertz CT molecular complexity index is 429. The molecule has 2 amide bonds. The van der Waals surface area contributed by atoms with E-state index in [1.54, 1.807) is 0 Å². The van der Waals surface area contributed by atoms with Crippen LogP contribution < -0.4 is 16.0 Å². The Balaban J connectivity index is 0.00000529. The number of nitrogens with one attached hydrogen (secondary N) is 3. The number of amides is 2. The quantitative estimate of drug-likeness (QED) is 0.319. The molecule has 0 spiro atoms. The first-order valence-electron chi connectivity index (χ1n) is 8.43. The Labute approximate surface area is 162 Å². The number of rotatable bonds is 6. The minimum Gasteiger partial charge on any atom is -0.357 e. The third-order valence-corrected chi connectivity index (χ3v) is 3.33. The fraction of sp³-hybridized carbons (Fsp3) is 0.812. The minimum atomic E-state index is -0.263. The Kier molecular flexibility index (Phi) is 11.0. The second kappa shape index (κ2) is 11.5. The molecule has 0 aliphatic carbocycles. The van der Waals surface area contributed by atoms with E-state index in [-0.39, 0.29) is 47.9 Å². The van der Waals surface area contributed by atoms with Gasteiger partial charge in [0.15, 0.2) is 5.96 Å². The minimum absolute atomic E-state index is 0. The third-order valence-electron chi connectivity index (χ3n) is 3.33. The summed E-state index contributed by atoms with van der Waals surface area (Å²) >= 11 is 0. The van der Waals surface area contributed by atoms with Crippen molar-refractivity contribution in [2.24, 2.45) is 4.99 Å². The lowest BCUT2D eigenvalue weighted by molar-refractivity contribution is -0.130. The molecule has 1 fully saturated rings. The molecule has 0 saturated carbocycles. The van der Waals surface area contributed by atoms with Gasteiger partial charge < -0.3 is 20.9 Å². The van der Waals surface area contributed by atoms with Crippen molar-refractivity contribution < 1.29 is 9.59 Å². The van der Waals surface area contributed by atoms with Crippen LogP contribution in [-0.4, -0.2) is 60.9 Å². The zero-order valence-electron chi connectivity index (χ0n) is 15.3. The van der Waals surface area contributed by atoms with E-state index in [1.807, 2.05) is 32.6 Å². The second-order valence-corrected chi connectivity index (χ2v) is 6.76. The molecule has 8 heteroatoms. The van der Waals surface area contributed by atoms with Crippen molar-refractivity contribution in [1.29, 1.82) is 0 Å². The van der Waals surface area contributed by atoms with Gasteiger partial charge in [-0.15, -0.1) is 24.0 Å². The average Bonchev–Trinajstić information content (AvgIpc) is 2.97. The molecule has 0 aromatic rings. The van der Waals surface area contributed by atoms with E-state index in [2.05, 4.69) is 20.9 Å². The lowest BCUT2D eigenvalue weighted by Gasteiger charge is -2.20. The summed E-state index contributed by atoms with van der Waals surface area (Å²) in [5.41, 5.74) is -0.263. The van der Waals surface area contributed by atoms with E-state index in [9.17, 15) is 9.59 Å². The molecule has 140 valence electrons. The highest BCUT2D eigenvalue weighted by atomic mass is 127. The number of guanidine groups is 1. The number of carbonyl (C=O) groups excluding carboxylic acids is 2. The van der Waals surface area contributed by atoms with Crippen LogP contribution in [0, 0.1) is 0 Å². The lowest BCUT2D eigenvalue weighted by Crippen LogP contribution is -2.43. The predicted octanol–water partition coefficient (Wildman–Crippen LogP) is 1.09. The fourth-order valence-corrected chi connectivity index (χ4v) is 2.36. The molecule has 1 heterocycles. The molecule has 0 bridgehead atoms. The van der Waals surface area contributed by atoms with Crippen molar-refractivity contribution in [2.75, 3.05) is 32.7 Å². The highest BCUT2D eigenvalue weighted by molar-refractivity contribution is 14.0. The van der Waals surface area contributed by atoms with Crippen LogP contribution in [0.2, 0.25) is 0 Å². The summed E-state index contributed by atoms with van der Waals surface area (Å²) in [5, 5.41) is 9.05. The van der Waals surface area contributed by atoms with Gasteiger partial charge in [-0.3, -0.25) is 9.59 Å². The van der Waals surface area contributed by atoms with Crippen molar-refractivity contribution in [3.8, 4) is 0 Å². The van der Waals surface area contributed by atoms with Gasteiger partial charge in [-0.25, -0.2) is 4.99 Å². The fourth-order valence-electron chi connectivity index (χ4n) is 2.36. The summed E-state index contributed by atoms with van der Waals surface area (Å²) in [6.07, 6.45) is 2.65. The van der Waals surface area contributed by atoms with Crippen molar-refractivity contribution in [3.63, 3.8) is 0 Å². The number of nitrogens with zero attached hydrogens (tertiary/aromatic N) is 2. The van der Waals surface area contributed by atoms with Crippen LogP contribution in [0.4, 0.5) is 0 Å². The van der Waals surface area contributed by atoms with Crippen LogP contribution in [0.25, 0.3) is 0 Å². The molecule has 1 aliphatic rings. The molecule has 0 aromatic carbocycles. The van der Waals surface area contributed by atoms with Gasteiger partial charge in [-0.2, -0.15) is 0 Å². The molecular weight excluding hydrogens is 421 g/mol. The maximum Gasteiger partial charge on any atom is 0.242 e. The van der Waals surface area contributed by atoms with Crippen molar-refractivity contribution >= 4 is 41.8 Å². The Morgan fingerprint density at radius 1 is 1.12 bits per heavy atom. The van der Waals surface area contributed by atoms with Gasteiger partial charge in [0.1, 0.15) is 6.54 Å². The molecule has 1 saturated heterocycles. The van der Waals surface area contributed by atoms with Crippen LogP contribution in [-0.2, 0) is 9.59 Å². The molecule has 3 N–H and O–H groups in total. The van der Waals surface area contributed by atoms with Crippen LogP contribution in [0.15, 0.2) is 4.99 Å². The van der Waals surface area contributed by atoms with E-state index < -0.39 is 0 Å². The SMILES string of the molecule is CCNC(=NCC(=O)NC(C)(C)C)NCCC(=O)N1CCCC1.I. The summed E-state index contributed by atoms with van der Waals surface area (Å²) in [6.45, 7) is 10.8. The molecular formula is C16H32IN5O2. The van der Waals surface area contributed by atoms with Gasteiger partial charge in [0.05, 0.1) is 0 Å². The Morgan fingerprint density at radius 3 is 2.29 bits per heavy atom. The first-order chi connectivity index (χ1) is 10.8. The van der Waals surface area contributed by atoms with E-state index >= 15 is 0 Å². The largest absolute Gasteiger partial charge is 0.357 e. The van der Waals surface area contributed by atoms with Gasteiger partial charge in [0.25, 0.3) is 0 Å².